The average molecular weight is 553 g/mol. The summed E-state index contributed by atoms with van der Waals surface area (Å²) in [5.41, 5.74) is 0.645. The van der Waals surface area contributed by atoms with E-state index in [1.807, 2.05) is 13.8 Å². The number of ketones is 1. The first-order chi connectivity index (χ1) is 19.1. The highest BCUT2D eigenvalue weighted by Crippen LogP contribution is 2.40. The van der Waals surface area contributed by atoms with Crippen LogP contribution in [0.15, 0.2) is 60.5 Å². The lowest BCUT2D eigenvalue weighted by molar-refractivity contribution is -0.118. The molecule has 2 heterocycles. The lowest BCUT2D eigenvalue weighted by Crippen LogP contribution is -2.48. The van der Waals surface area contributed by atoms with E-state index in [0.29, 0.717) is 13.0 Å². The summed E-state index contributed by atoms with van der Waals surface area (Å²) in [6, 6.07) is 8.47. The zero-order valence-electron chi connectivity index (χ0n) is 22.7. The van der Waals surface area contributed by atoms with Crippen LogP contribution < -0.4 is 14.8 Å². The fourth-order valence-electron chi connectivity index (χ4n) is 5.34. The lowest BCUT2D eigenvalue weighted by Gasteiger charge is -2.34. The second kappa shape index (κ2) is 11.5. The monoisotopic (exact) mass is 552 g/mol. The second-order valence-corrected chi connectivity index (χ2v) is 11.3. The van der Waals surface area contributed by atoms with Crippen LogP contribution in [0.2, 0.25) is 0 Å². The van der Waals surface area contributed by atoms with E-state index in [1.54, 1.807) is 30.3 Å². The molecule has 0 aromatic heterocycles. The molecule has 3 aliphatic rings. The standard InChI is InChI=1S/C31H34F2N2O5/c1-31(2)18-39-29-24(33)15-22(16-26(29)40-31)27(36)25(17-35-13-3-4-14-35)34-30(38)28(37)21-7-5-19(6-8-21)20-9-11-23(32)12-10-20/h5-9,11-12,15-16,20,25,27,36H,3-4,10,13-14,17-18H2,1-2H3,(H,34,38)/t20?,25-,27-/m1/s1. The van der Waals surface area contributed by atoms with Gasteiger partial charge in [0.25, 0.3) is 5.91 Å². The molecule has 2 aliphatic heterocycles. The van der Waals surface area contributed by atoms with Crippen molar-refractivity contribution in [1.82, 2.24) is 10.2 Å². The Morgan fingerprint density at radius 3 is 2.55 bits per heavy atom. The minimum absolute atomic E-state index is 0.00515. The molecule has 0 radical (unpaired) electrons. The molecule has 212 valence electrons. The van der Waals surface area contributed by atoms with Gasteiger partial charge in [-0.1, -0.05) is 30.3 Å². The maximum atomic E-state index is 14.9. The Kier molecular flexibility index (Phi) is 8.05. The van der Waals surface area contributed by atoms with Gasteiger partial charge in [-0.05, 0) is 81.6 Å². The van der Waals surface area contributed by atoms with Gasteiger partial charge in [-0.25, -0.2) is 8.78 Å². The molecule has 1 fully saturated rings. The van der Waals surface area contributed by atoms with Gasteiger partial charge in [0.1, 0.15) is 24.1 Å². The molecule has 2 aromatic carbocycles. The van der Waals surface area contributed by atoms with Crippen LogP contribution in [-0.2, 0) is 4.79 Å². The Morgan fingerprint density at radius 1 is 1.15 bits per heavy atom. The summed E-state index contributed by atoms with van der Waals surface area (Å²) in [6.07, 6.45) is 5.90. The second-order valence-electron chi connectivity index (χ2n) is 11.3. The van der Waals surface area contributed by atoms with Crippen LogP contribution in [0.1, 0.15) is 66.6 Å². The fraction of sp³-hybridized carbons (Fsp3) is 0.419. The topological polar surface area (TPSA) is 88.1 Å². The van der Waals surface area contributed by atoms with E-state index in [-0.39, 0.29) is 41.0 Å². The van der Waals surface area contributed by atoms with E-state index in [2.05, 4.69) is 10.2 Å². The number of halogens is 2. The highest BCUT2D eigenvalue weighted by Gasteiger charge is 2.34. The molecule has 1 saturated heterocycles. The number of hydrogen-bond donors (Lipinski definition) is 2. The number of aliphatic hydroxyl groups excluding tert-OH is 1. The lowest BCUT2D eigenvalue weighted by atomic mass is 9.91. The van der Waals surface area contributed by atoms with E-state index < -0.39 is 35.3 Å². The normalized spacial score (nSPS) is 21.4. The van der Waals surface area contributed by atoms with Gasteiger partial charge < -0.3 is 24.8 Å². The van der Waals surface area contributed by atoms with E-state index in [4.69, 9.17) is 9.47 Å². The minimum atomic E-state index is -1.31. The number of fused-ring (bicyclic) bond motifs is 1. The van der Waals surface area contributed by atoms with Gasteiger partial charge in [0.15, 0.2) is 17.3 Å². The van der Waals surface area contributed by atoms with Crippen molar-refractivity contribution in [3.63, 3.8) is 0 Å². The summed E-state index contributed by atoms with van der Waals surface area (Å²) in [5, 5.41) is 14.0. The summed E-state index contributed by atoms with van der Waals surface area (Å²) in [7, 11) is 0. The van der Waals surface area contributed by atoms with Crippen LogP contribution >= 0.6 is 0 Å². The number of hydrogen-bond acceptors (Lipinski definition) is 6. The molecule has 9 heteroatoms. The summed E-state index contributed by atoms with van der Waals surface area (Å²) in [5.74, 6) is -2.39. The van der Waals surface area contributed by atoms with Crippen molar-refractivity contribution >= 4 is 11.7 Å². The summed E-state index contributed by atoms with van der Waals surface area (Å²) in [4.78, 5) is 28.2. The van der Waals surface area contributed by atoms with Gasteiger partial charge in [-0.3, -0.25) is 9.59 Å². The van der Waals surface area contributed by atoms with Crippen molar-refractivity contribution in [2.24, 2.45) is 0 Å². The highest BCUT2D eigenvalue weighted by atomic mass is 19.1. The van der Waals surface area contributed by atoms with Gasteiger partial charge in [-0.15, -0.1) is 0 Å². The summed E-state index contributed by atoms with van der Waals surface area (Å²) in [6.45, 7) is 5.70. The van der Waals surface area contributed by atoms with Gasteiger partial charge in [0.2, 0.25) is 5.78 Å². The predicted octanol–water partition coefficient (Wildman–Crippen LogP) is 4.77. The number of ether oxygens (including phenoxy) is 2. The molecular formula is C31H34F2N2O5. The van der Waals surface area contributed by atoms with Crippen LogP contribution in [0.3, 0.4) is 0 Å². The first-order valence-corrected chi connectivity index (χ1v) is 13.6. The zero-order chi connectivity index (χ0) is 28.4. The van der Waals surface area contributed by atoms with Gasteiger partial charge in [0.05, 0.1) is 6.04 Å². The smallest absolute Gasteiger partial charge is 0.292 e. The molecule has 0 bridgehead atoms. The molecular weight excluding hydrogens is 518 g/mol. The molecule has 7 nitrogen and oxygen atoms in total. The quantitative estimate of drug-likeness (QED) is 0.363. The number of benzene rings is 2. The molecule has 3 atom stereocenters. The van der Waals surface area contributed by atoms with Crippen LogP contribution in [0.25, 0.3) is 0 Å². The molecule has 0 saturated carbocycles. The Morgan fingerprint density at radius 2 is 1.88 bits per heavy atom. The maximum absolute atomic E-state index is 14.9. The number of nitrogens with zero attached hydrogens (tertiary/aromatic N) is 1. The summed E-state index contributed by atoms with van der Waals surface area (Å²) < 4.78 is 39.6. The van der Waals surface area contributed by atoms with Crippen LogP contribution in [-0.4, -0.2) is 59.6 Å². The molecule has 40 heavy (non-hydrogen) atoms. The number of carbonyl (C=O) groups is 2. The molecule has 2 N–H and O–H groups in total. The Bertz CT molecular complexity index is 1330. The molecule has 1 unspecified atom stereocenters. The molecule has 0 spiro atoms. The molecule has 1 amide bonds. The minimum Gasteiger partial charge on any atom is -0.483 e. The predicted molar refractivity (Wildman–Crippen MR) is 146 cm³/mol. The van der Waals surface area contributed by atoms with Crippen LogP contribution in [0.5, 0.6) is 11.5 Å². The number of rotatable bonds is 8. The third kappa shape index (κ3) is 6.26. The number of carbonyl (C=O) groups excluding carboxylic acids is 2. The summed E-state index contributed by atoms with van der Waals surface area (Å²) >= 11 is 0. The fourth-order valence-corrected chi connectivity index (χ4v) is 5.34. The number of allylic oxidation sites excluding steroid dienone is 4. The number of aliphatic hydroxyl groups is 1. The third-order valence-corrected chi connectivity index (χ3v) is 7.54. The number of nitrogens with one attached hydrogen (secondary N) is 1. The van der Waals surface area contributed by atoms with Crippen LogP contribution in [0, 0.1) is 5.82 Å². The number of amides is 1. The Labute approximate surface area is 232 Å². The zero-order valence-corrected chi connectivity index (χ0v) is 22.7. The number of Topliss-reactive ketones (excluding diaryl/α,β-unsaturated/α-hetero) is 1. The van der Waals surface area contributed by atoms with Crippen molar-refractivity contribution in [3.05, 3.63) is 83.0 Å². The third-order valence-electron chi connectivity index (χ3n) is 7.54. The average Bonchev–Trinajstić information content (AvgIpc) is 3.45. The van der Waals surface area contributed by atoms with Crippen LogP contribution in [0.4, 0.5) is 8.78 Å². The maximum Gasteiger partial charge on any atom is 0.292 e. The van der Waals surface area contributed by atoms with Crippen molar-refractivity contribution < 1.29 is 33.0 Å². The van der Waals surface area contributed by atoms with Crippen molar-refractivity contribution in [3.8, 4) is 11.5 Å². The first-order valence-electron chi connectivity index (χ1n) is 13.6. The highest BCUT2D eigenvalue weighted by molar-refractivity contribution is 6.42. The molecule has 5 rings (SSSR count). The molecule has 1 aliphatic carbocycles. The Balaban J connectivity index is 1.33. The van der Waals surface area contributed by atoms with E-state index in [0.717, 1.165) is 31.5 Å². The van der Waals surface area contributed by atoms with Gasteiger partial charge in [0, 0.05) is 18.0 Å². The van der Waals surface area contributed by atoms with Gasteiger partial charge >= 0.3 is 0 Å². The van der Waals surface area contributed by atoms with Crippen molar-refractivity contribution in [2.75, 3.05) is 26.2 Å². The van der Waals surface area contributed by atoms with E-state index in [1.165, 1.54) is 24.3 Å². The van der Waals surface area contributed by atoms with E-state index in [9.17, 15) is 23.5 Å². The van der Waals surface area contributed by atoms with Crippen molar-refractivity contribution in [1.29, 1.82) is 0 Å². The number of likely N-dealkylation sites (tertiary alicyclic amines) is 1. The van der Waals surface area contributed by atoms with Crippen molar-refractivity contribution in [2.45, 2.75) is 56.8 Å². The largest absolute Gasteiger partial charge is 0.483 e. The first kappa shape index (κ1) is 28.0. The van der Waals surface area contributed by atoms with Gasteiger partial charge in [-0.2, -0.15) is 0 Å². The Hall–Kier alpha value is -3.56. The van der Waals surface area contributed by atoms with E-state index >= 15 is 0 Å². The molecule has 2 aromatic rings. The SMILES string of the molecule is CC1(C)COc2c(F)cc([C@@H](O)[C@@H](CN3CCCC3)NC(=O)C(=O)c3ccc(C4C=CC(F)=CC4)cc3)cc2O1.